The third kappa shape index (κ3) is 6.49. The summed E-state index contributed by atoms with van der Waals surface area (Å²) in [5.41, 5.74) is 0.976. The highest BCUT2D eigenvalue weighted by atomic mass is 35.5. The molecule has 0 bridgehead atoms. The Kier molecular flexibility index (Phi) is 9.25. The molecule has 1 aromatic carbocycles. The fourth-order valence-corrected chi connectivity index (χ4v) is 1.87. The minimum Gasteiger partial charge on any atom is -0.493 e. The first-order valence-electron chi connectivity index (χ1n) is 7.34. The third-order valence-corrected chi connectivity index (χ3v) is 3.07. The van der Waals surface area contributed by atoms with Crippen LogP contribution in [0, 0.1) is 0 Å². The monoisotopic (exact) mass is 300 g/mol. The van der Waals surface area contributed by atoms with Crippen molar-refractivity contribution in [1.29, 1.82) is 0 Å². The Morgan fingerprint density at radius 3 is 2.50 bits per heavy atom. The topological polar surface area (TPSA) is 27.7 Å². The zero-order valence-corrected chi connectivity index (χ0v) is 13.2. The number of rotatable bonds is 11. The SMILES string of the molecule is CCCCOCCOc1cc(OCCC)ccc1CCl. The van der Waals surface area contributed by atoms with Crippen molar-refractivity contribution in [2.45, 2.75) is 39.0 Å². The molecule has 0 N–H and O–H groups in total. The van der Waals surface area contributed by atoms with Gasteiger partial charge in [-0.3, -0.25) is 0 Å². The van der Waals surface area contributed by atoms with Gasteiger partial charge in [-0.05, 0) is 18.9 Å². The Bertz CT molecular complexity index is 369. The molecule has 0 fully saturated rings. The van der Waals surface area contributed by atoms with Crippen LogP contribution >= 0.6 is 11.6 Å². The fraction of sp³-hybridized carbons (Fsp3) is 0.625. The van der Waals surface area contributed by atoms with Gasteiger partial charge in [0.05, 0.1) is 19.1 Å². The summed E-state index contributed by atoms with van der Waals surface area (Å²) >= 11 is 5.92. The van der Waals surface area contributed by atoms with E-state index in [0.717, 1.165) is 42.9 Å². The van der Waals surface area contributed by atoms with Crippen LogP contribution in [0.2, 0.25) is 0 Å². The van der Waals surface area contributed by atoms with E-state index in [1.165, 1.54) is 0 Å². The van der Waals surface area contributed by atoms with Crippen LogP contribution in [0.4, 0.5) is 0 Å². The van der Waals surface area contributed by atoms with Crippen LogP contribution in [0.1, 0.15) is 38.7 Å². The molecule has 0 unspecified atom stereocenters. The molecule has 0 spiro atoms. The van der Waals surface area contributed by atoms with Crippen molar-refractivity contribution in [2.24, 2.45) is 0 Å². The van der Waals surface area contributed by atoms with Crippen molar-refractivity contribution in [3.05, 3.63) is 23.8 Å². The Morgan fingerprint density at radius 2 is 1.80 bits per heavy atom. The molecule has 0 saturated carbocycles. The Labute approximate surface area is 127 Å². The molecule has 0 aromatic heterocycles. The lowest BCUT2D eigenvalue weighted by atomic mass is 10.2. The zero-order valence-electron chi connectivity index (χ0n) is 12.5. The number of unbranched alkanes of at least 4 members (excludes halogenated alkanes) is 1. The van der Waals surface area contributed by atoms with Gasteiger partial charge in [0.15, 0.2) is 0 Å². The van der Waals surface area contributed by atoms with Crippen LogP contribution in [-0.2, 0) is 10.6 Å². The molecule has 20 heavy (non-hydrogen) atoms. The van der Waals surface area contributed by atoms with E-state index in [9.17, 15) is 0 Å². The number of benzene rings is 1. The van der Waals surface area contributed by atoms with E-state index in [2.05, 4.69) is 13.8 Å². The standard InChI is InChI=1S/C16H25ClO3/c1-3-5-9-18-10-11-20-16-12-15(19-8-4-2)7-6-14(16)13-17/h6-7,12H,3-5,8-11,13H2,1-2H3. The van der Waals surface area contributed by atoms with E-state index in [1.54, 1.807) is 0 Å². The van der Waals surface area contributed by atoms with Crippen LogP contribution in [0.15, 0.2) is 18.2 Å². The molecular weight excluding hydrogens is 276 g/mol. The Balaban J connectivity index is 2.44. The van der Waals surface area contributed by atoms with E-state index in [-0.39, 0.29) is 0 Å². The molecule has 0 radical (unpaired) electrons. The lowest BCUT2D eigenvalue weighted by Gasteiger charge is -2.12. The second-order valence-corrected chi connectivity index (χ2v) is 4.83. The summed E-state index contributed by atoms with van der Waals surface area (Å²) in [4.78, 5) is 0. The maximum Gasteiger partial charge on any atom is 0.127 e. The minimum atomic E-state index is 0.431. The van der Waals surface area contributed by atoms with Gasteiger partial charge < -0.3 is 14.2 Å². The van der Waals surface area contributed by atoms with Crippen molar-refractivity contribution >= 4 is 11.6 Å². The molecule has 0 amide bonds. The summed E-state index contributed by atoms with van der Waals surface area (Å²) in [6.07, 6.45) is 3.22. The van der Waals surface area contributed by atoms with E-state index in [0.29, 0.717) is 25.7 Å². The highest BCUT2D eigenvalue weighted by Gasteiger charge is 2.05. The van der Waals surface area contributed by atoms with Gasteiger partial charge in [0, 0.05) is 18.2 Å². The van der Waals surface area contributed by atoms with Crippen LogP contribution in [-0.4, -0.2) is 26.4 Å². The minimum absolute atomic E-state index is 0.431. The number of hydrogen-bond donors (Lipinski definition) is 0. The summed E-state index contributed by atoms with van der Waals surface area (Å²) in [5, 5.41) is 0. The van der Waals surface area contributed by atoms with Gasteiger partial charge in [-0.15, -0.1) is 11.6 Å². The maximum absolute atomic E-state index is 5.92. The van der Waals surface area contributed by atoms with Gasteiger partial charge in [-0.2, -0.15) is 0 Å². The molecule has 0 atom stereocenters. The number of hydrogen-bond acceptors (Lipinski definition) is 3. The van der Waals surface area contributed by atoms with Crippen molar-refractivity contribution in [3.8, 4) is 11.5 Å². The molecule has 0 aliphatic heterocycles. The lowest BCUT2D eigenvalue weighted by molar-refractivity contribution is 0.0977. The summed E-state index contributed by atoms with van der Waals surface area (Å²) in [7, 11) is 0. The van der Waals surface area contributed by atoms with Crippen LogP contribution in [0.25, 0.3) is 0 Å². The molecule has 114 valence electrons. The van der Waals surface area contributed by atoms with E-state index in [1.807, 2.05) is 18.2 Å². The average Bonchev–Trinajstić information content (AvgIpc) is 2.48. The van der Waals surface area contributed by atoms with E-state index >= 15 is 0 Å². The fourth-order valence-electron chi connectivity index (χ4n) is 1.65. The first-order chi connectivity index (χ1) is 9.81. The highest BCUT2D eigenvalue weighted by molar-refractivity contribution is 6.17. The smallest absolute Gasteiger partial charge is 0.127 e. The van der Waals surface area contributed by atoms with Gasteiger partial charge in [0.25, 0.3) is 0 Å². The van der Waals surface area contributed by atoms with Gasteiger partial charge >= 0.3 is 0 Å². The lowest BCUT2D eigenvalue weighted by Crippen LogP contribution is -2.08. The van der Waals surface area contributed by atoms with Gasteiger partial charge in [0.2, 0.25) is 0 Å². The normalized spacial score (nSPS) is 10.6. The average molecular weight is 301 g/mol. The third-order valence-electron chi connectivity index (χ3n) is 2.78. The molecular formula is C16H25ClO3. The first kappa shape index (κ1) is 17.1. The number of halogens is 1. The van der Waals surface area contributed by atoms with Crippen molar-refractivity contribution < 1.29 is 14.2 Å². The second kappa shape index (κ2) is 10.8. The van der Waals surface area contributed by atoms with Gasteiger partial charge in [-0.1, -0.05) is 26.3 Å². The molecule has 1 aromatic rings. The first-order valence-corrected chi connectivity index (χ1v) is 7.87. The van der Waals surface area contributed by atoms with E-state index in [4.69, 9.17) is 25.8 Å². The summed E-state index contributed by atoms with van der Waals surface area (Å²) < 4.78 is 16.8. The highest BCUT2D eigenvalue weighted by Crippen LogP contribution is 2.26. The predicted octanol–water partition coefficient (Wildman–Crippen LogP) is 4.41. The van der Waals surface area contributed by atoms with Crippen molar-refractivity contribution in [1.82, 2.24) is 0 Å². The number of ether oxygens (including phenoxy) is 3. The number of alkyl halides is 1. The maximum atomic E-state index is 5.92. The van der Waals surface area contributed by atoms with E-state index < -0.39 is 0 Å². The molecule has 3 nitrogen and oxygen atoms in total. The molecule has 4 heteroatoms. The Hall–Kier alpha value is -0.930. The van der Waals surface area contributed by atoms with Gasteiger partial charge in [-0.25, -0.2) is 0 Å². The second-order valence-electron chi connectivity index (χ2n) is 4.57. The summed E-state index contributed by atoms with van der Waals surface area (Å²) in [5.74, 6) is 2.04. The molecule has 1 rings (SSSR count). The summed E-state index contributed by atoms with van der Waals surface area (Å²) in [6, 6.07) is 5.78. The largest absolute Gasteiger partial charge is 0.493 e. The van der Waals surface area contributed by atoms with Crippen LogP contribution in [0.5, 0.6) is 11.5 Å². The van der Waals surface area contributed by atoms with Crippen LogP contribution in [0.3, 0.4) is 0 Å². The van der Waals surface area contributed by atoms with Crippen molar-refractivity contribution in [2.75, 3.05) is 26.4 Å². The van der Waals surface area contributed by atoms with Gasteiger partial charge in [0.1, 0.15) is 18.1 Å². The molecule has 0 aliphatic rings. The Morgan fingerprint density at radius 1 is 0.950 bits per heavy atom. The van der Waals surface area contributed by atoms with Crippen LogP contribution < -0.4 is 9.47 Å². The van der Waals surface area contributed by atoms with Crippen molar-refractivity contribution in [3.63, 3.8) is 0 Å². The predicted molar refractivity (Wildman–Crippen MR) is 83.0 cm³/mol. The zero-order chi connectivity index (χ0) is 14.6. The molecule has 0 aliphatic carbocycles. The molecule has 0 saturated heterocycles. The molecule has 0 heterocycles. The quantitative estimate of drug-likeness (QED) is 0.447. The summed E-state index contributed by atoms with van der Waals surface area (Å²) in [6.45, 7) is 6.86.